The Labute approximate surface area is 195 Å². The van der Waals surface area contributed by atoms with E-state index in [0.29, 0.717) is 34.3 Å². The molecule has 1 amide bonds. The Bertz CT molecular complexity index is 1160. The van der Waals surface area contributed by atoms with Crippen molar-refractivity contribution in [2.45, 2.75) is 26.7 Å². The number of fused-ring (bicyclic) bond motifs is 1. The first-order valence-corrected chi connectivity index (χ1v) is 11.8. The molecule has 2 heterocycles. The number of benzene rings is 2. The molecule has 1 aliphatic heterocycles. The summed E-state index contributed by atoms with van der Waals surface area (Å²) in [6.07, 6.45) is 3.85. The lowest BCUT2D eigenvalue weighted by molar-refractivity contribution is 0.0948. The minimum absolute atomic E-state index is 0.152. The van der Waals surface area contributed by atoms with Gasteiger partial charge in [-0.2, -0.15) is 0 Å². The molecule has 0 spiro atoms. The molecule has 2 aromatic carbocycles. The number of methoxy groups -OCH3 is 1. The summed E-state index contributed by atoms with van der Waals surface area (Å²) in [7, 11) is 1.60. The van der Waals surface area contributed by atoms with Crippen molar-refractivity contribution in [1.29, 1.82) is 0 Å². The van der Waals surface area contributed by atoms with Gasteiger partial charge in [-0.3, -0.25) is 14.2 Å². The summed E-state index contributed by atoms with van der Waals surface area (Å²) in [5.41, 5.74) is 1.04. The van der Waals surface area contributed by atoms with Crippen LogP contribution in [-0.4, -0.2) is 48.7 Å². The summed E-state index contributed by atoms with van der Waals surface area (Å²) in [5, 5.41) is 4.26. The smallest absolute Gasteiger partial charge is 0.262 e. The van der Waals surface area contributed by atoms with Crippen LogP contribution in [0.1, 0.15) is 37.0 Å². The van der Waals surface area contributed by atoms with Crippen LogP contribution in [0.25, 0.3) is 16.5 Å². The molecule has 0 bridgehead atoms. The highest BCUT2D eigenvalue weighted by atomic mass is 16.5. The van der Waals surface area contributed by atoms with Crippen molar-refractivity contribution >= 4 is 16.7 Å². The van der Waals surface area contributed by atoms with Gasteiger partial charge in [0.15, 0.2) is 0 Å². The predicted octanol–water partition coefficient (Wildman–Crippen LogP) is 4.10. The van der Waals surface area contributed by atoms with Crippen molar-refractivity contribution < 1.29 is 9.53 Å². The van der Waals surface area contributed by atoms with E-state index in [9.17, 15) is 9.59 Å². The van der Waals surface area contributed by atoms with E-state index in [-0.39, 0.29) is 11.5 Å². The summed E-state index contributed by atoms with van der Waals surface area (Å²) in [6.45, 7) is 8.49. The van der Waals surface area contributed by atoms with Crippen LogP contribution in [0.5, 0.6) is 5.75 Å². The van der Waals surface area contributed by atoms with E-state index in [1.54, 1.807) is 31.5 Å². The molecule has 174 valence electrons. The Morgan fingerprint density at radius 3 is 2.36 bits per heavy atom. The molecule has 33 heavy (non-hydrogen) atoms. The maximum atomic E-state index is 13.1. The molecule has 0 aliphatic carbocycles. The second-order valence-electron chi connectivity index (χ2n) is 9.28. The Hall–Kier alpha value is -3.12. The average Bonchev–Trinajstić information content (AvgIpc) is 2.82. The van der Waals surface area contributed by atoms with Gasteiger partial charge in [-0.05, 0) is 61.6 Å². The number of carbonyl (C=O) groups is 1. The van der Waals surface area contributed by atoms with E-state index >= 15 is 0 Å². The van der Waals surface area contributed by atoms with Crippen molar-refractivity contribution in [3.05, 3.63) is 70.6 Å². The lowest BCUT2D eigenvalue weighted by Gasteiger charge is -2.34. The van der Waals surface area contributed by atoms with Gasteiger partial charge in [0.25, 0.3) is 11.5 Å². The molecule has 1 saturated heterocycles. The van der Waals surface area contributed by atoms with Gasteiger partial charge in [0.1, 0.15) is 5.75 Å². The van der Waals surface area contributed by atoms with Crippen LogP contribution in [0.2, 0.25) is 0 Å². The molecule has 4 rings (SSSR count). The minimum atomic E-state index is -0.158. The average molecular weight is 448 g/mol. The third kappa shape index (κ3) is 5.28. The lowest BCUT2D eigenvalue weighted by atomic mass is 9.92. The predicted molar refractivity (Wildman–Crippen MR) is 132 cm³/mol. The third-order valence-electron chi connectivity index (χ3n) is 6.40. The molecule has 1 aliphatic rings. The molecule has 1 aromatic heterocycles. The maximum Gasteiger partial charge on any atom is 0.262 e. The first-order chi connectivity index (χ1) is 16.0. The molecule has 2 atom stereocenters. The van der Waals surface area contributed by atoms with Crippen LogP contribution in [-0.2, 0) is 0 Å². The normalized spacial score (nSPS) is 18.9. The largest absolute Gasteiger partial charge is 0.497 e. The van der Waals surface area contributed by atoms with Gasteiger partial charge in [0, 0.05) is 42.3 Å². The SMILES string of the molecule is COc1ccc(-n2cc(C(=O)NCCCN3C[C@H](C)C[C@H](C)C3)c3ccccc3c2=O)cc1. The molecular formula is C27H33N3O3. The molecule has 0 unspecified atom stereocenters. The van der Waals surface area contributed by atoms with Gasteiger partial charge >= 0.3 is 0 Å². The van der Waals surface area contributed by atoms with E-state index in [1.165, 1.54) is 11.0 Å². The number of nitrogens with one attached hydrogen (secondary N) is 1. The first-order valence-electron chi connectivity index (χ1n) is 11.8. The number of carbonyl (C=O) groups excluding carboxylic acids is 1. The van der Waals surface area contributed by atoms with Gasteiger partial charge in [0.05, 0.1) is 12.7 Å². The Kier molecular flexibility index (Phi) is 7.14. The summed E-state index contributed by atoms with van der Waals surface area (Å²) < 4.78 is 6.76. The molecule has 0 saturated carbocycles. The monoisotopic (exact) mass is 447 g/mol. The number of ether oxygens (including phenoxy) is 1. The lowest BCUT2D eigenvalue weighted by Crippen LogP contribution is -2.40. The molecule has 1 N–H and O–H groups in total. The minimum Gasteiger partial charge on any atom is -0.497 e. The number of hydrogen-bond donors (Lipinski definition) is 1. The van der Waals surface area contributed by atoms with Gasteiger partial charge in [-0.25, -0.2) is 0 Å². The van der Waals surface area contributed by atoms with Crippen LogP contribution in [0, 0.1) is 11.8 Å². The number of amides is 1. The molecule has 1 fully saturated rings. The second-order valence-corrected chi connectivity index (χ2v) is 9.28. The van der Waals surface area contributed by atoms with Crippen molar-refractivity contribution in [1.82, 2.24) is 14.8 Å². The van der Waals surface area contributed by atoms with Crippen LogP contribution in [0.4, 0.5) is 0 Å². The van der Waals surface area contributed by atoms with Crippen molar-refractivity contribution in [3.63, 3.8) is 0 Å². The van der Waals surface area contributed by atoms with Crippen molar-refractivity contribution in [3.8, 4) is 11.4 Å². The van der Waals surface area contributed by atoms with Crippen molar-refractivity contribution in [2.75, 3.05) is 33.3 Å². The summed E-state index contributed by atoms with van der Waals surface area (Å²) in [5.74, 6) is 2.01. The topological polar surface area (TPSA) is 63.6 Å². The number of nitrogens with zero attached hydrogens (tertiary/aromatic N) is 2. The fourth-order valence-corrected chi connectivity index (χ4v) is 4.98. The number of aromatic nitrogens is 1. The molecule has 6 heteroatoms. The van der Waals surface area contributed by atoms with E-state index < -0.39 is 0 Å². The van der Waals surface area contributed by atoms with Gasteiger partial charge in [-0.15, -0.1) is 0 Å². The van der Waals surface area contributed by atoms with Crippen LogP contribution < -0.4 is 15.6 Å². The Morgan fingerprint density at radius 1 is 1.03 bits per heavy atom. The highest BCUT2D eigenvalue weighted by Gasteiger charge is 2.21. The van der Waals surface area contributed by atoms with Crippen LogP contribution in [0.15, 0.2) is 59.5 Å². The fourth-order valence-electron chi connectivity index (χ4n) is 4.98. The fraction of sp³-hybridized carbons (Fsp3) is 0.407. The van der Waals surface area contributed by atoms with E-state index in [0.717, 1.165) is 37.9 Å². The Morgan fingerprint density at radius 2 is 1.70 bits per heavy atom. The summed E-state index contributed by atoms with van der Waals surface area (Å²) in [4.78, 5) is 28.8. The van der Waals surface area contributed by atoms with Crippen molar-refractivity contribution in [2.24, 2.45) is 11.8 Å². The zero-order valence-electron chi connectivity index (χ0n) is 19.7. The van der Waals surface area contributed by atoms with E-state index in [4.69, 9.17) is 4.74 Å². The van der Waals surface area contributed by atoms with E-state index in [1.807, 2.05) is 30.3 Å². The van der Waals surface area contributed by atoms with Gasteiger partial charge < -0.3 is 15.0 Å². The molecule has 3 aromatic rings. The standard InChI is InChI=1S/C27H33N3O3/c1-19-15-20(2)17-29(16-19)14-6-13-28-26(31)25-18-30(21-9-11-22(33-3)12-10-21)27(32)24-8-5-4-7-23(24)25/h4-5,7-12,18-20H,6,13-17H2,1-3H3,(H,28,31)/t19-,20+. The first kappa shape index (κ1) is 23.1. The molecule has 0 radical (unpaired) electrons. The maximum absolute atomic E-state index is 13.1. The van der Waals surface area contributed by atoms with Gasteiger partial charge in [0.2, 0.25) is 0 Å². The highest BCUT2D eigenvalue weighted by Crippen LogP contribution is 2.21. The zero-order valence-corrected chi connectivity index (χ0v) is 19.7. The van der Waals surface area contributed by atoms with Crippen LogP contribution in [0.3, 0.4) is 0 Å². The van der Waals surface area contributed by atoms with Gasteiger partial charge in [-0.1, -0.05) is 32.0 Å². The number of hydrogen-bond acceptors (Lipinski definition) is 4. The number of piperidine rings is 1. The van der Waals surface area contributed by atoms with Crippen LogP contribution >= 0.6 is 0 Å². The zero-order chi connectivity index (χ0) is 23.4. The summed E-state index contributed by atoms with van der Waals surface area (Å²) in [6, 6.07) is 14.5. The highest BCUT2D eigenvalue weighted by molar-refractivity contribution is 6.06. The second kappa shape index (κ2) is 10.2. The summed E-state index contributed by atoms with van der Waals surface area (Å²) >= 11 is 0. The Balaban J connectivity index is 1.52. The molecule has 6 nitrogen and oxygen atoms in total. The van der Waals surface area contributed by atoms with E-state index in [2.05, 4.69) is 24.1 Å². The third-order valence-corrected chi connectivity index (χ3v) is 6.40. The number of pyridine rings is 1. The number of likely N-dealkylation sites (tertiary alicyclic amines) is 1. The number of rotatable bonds is 7. The molecular weight excluding hydrogens is 414 g/mol. The quantitative estimate of drug-likeness (QED) is 0.554.